The van der Waals surface area contributed by atoms with E-state index in [0.717, 1.165) is 43.9 Å². The lowest BCUT2D eigenvalue weighted by atomic mass is 10.2. The Hall–Kier alpha value is -1.96. The molecule has 0 atom stereocenters. The summed E-state index contributed by atoms with van der Waals surface area (Å²) in [5, 5.41) is 2.93. The van der Waals surface area contributed by atoms with Crippen LogP contribution in [-0.2, 0) is 10.0 Å². The SMILES string of the molecule is O=C(Nc1cccc(Cl)c1)c1cc(S(=O)(=O)NC2CCCC2)ccc1F. The van der Waals surface area contributed by atoms with Crippen molar-refractivity contribution in [1.29, 1.82) is 0 Å². The molecule has 2 N–H and O–H groups in total. The zero-order valence-electron chi connectivity index (χ0n) is 13.8. The molecule has 5 nitrogen and oxygen atoms in total. The average molecular weight is 397 g/mol. The Morgan fingerprint density at radius 3 is 2.54 bits per heavy atom. The lowest BCUT2D eigenvalue weighted by molar-refractivity contribution is 0.102. The molecule has 8 heteroatoms. The fraction of sp³-hybridized carbons (Fsp3) is 0.278. The van der Waals surface area contributed by atoms with Gasteiger partial charge in [-0.15, -0.1) is 0 Å². The third-order valence-corrected chi connectivity index (χ3v) is 6.01. The molecule has 0 unspecified atom stereocenters. The number of hydrogen-bond acceptors (Lipinski definition) is 3. The Bertz CT molecular complexity index is 928. The minimum Gasteiger partial charge on any atom is -0.322 e. The van der Waals surface area contributed by atoms with Crippen LogP contribution in [0.3, 0.4) is 0 Å². The molecule has 0 heterocycles. The molecule has 2 aromatic rings. The number of rotatable bonds is 5. The highest BCUT2D eigenvalue weighted by atomic mass is 35.5. The molecule has 0 aliphatic heterocycles. The van der Waals surface area contributed by atoms with Gasteiger partial charge in [-0.2, -0.15) is 0 Å². The van der Waals surface area contributed by atoms with E-state index in [9.17, 15) is 17.6 Å². The summed E-state index contributed by atoms with van der Waals surface area (Å²) in [6.45, 7) is 0. The second kappa shape index (κ2) is 7.73. The maximum Gasteiger partial charge on any atom is 0.258 e. The van der Waals surface area contributed by atoms with Crippen molar-refractivity contribution in [2.24, 2.45) is 0 Å². The molecule has 0 saturated heterocycles. The predicted molar refractivity (Wildman–Crippen MR) is 98.4 cm³/mol. The number of benzene rings is 2. The molecule has 0 radical (unpaired) electrons. The first-order valence-corrected chi connectivity index (χ1v) is 10.1. The first-order chi connectivity index (χ1) is 12.3. The Morgan fingerprint density at radius 2 is 1.85 bits per heavy atom. The van der Waals surface area contributed by atoms with E-state index in [2.05, 4.69) is 10.0 Å². The summed E-state index contributed by atoms with van der Waals surface area (Å²) in [6, 6.07) is 9.46. The summed E-state index contributed by atoms with van der Waals surface area (Å²) in [6.07, 6.45) is 3.51. The maximum absolute atomic E-state index is 14.1. The van der Waals surface area contributed by atoms with Crippen molar-refractivity contribution in [3.05, 3.63) is 58.9 Å². The van der Waals surface area contributed by atoms with Gasteiger partial charge in [0, 0.05) is 16.8 Å². The monoisotopic (exact) mass is 396 g/mol. The van der Waals surface area contributed by atoms with Gasteiger partial charge in [-0.25, -0.2) is 17.5 Å². The second-order valence-corrected chi connectivity index (χ2v) is 8.36. The fourth-order valence-corrected chi connectivity index (χ4v) is 4.46. The standard InChI is InChI=1S/C18H18ClFN2O3S/c19-12-4-3-7-14(10-12)21-18(23)16-11-15(8-9-17(16)20)26(24,25)22-13-5-1-2-6-13/h3-4,7-11,13,22H,1-2,5-6H2,(H,21,23). The Balaban J connectivity index is 1.83. The largest absolute Gasteiger partial charge is 0.322 e. The van der Waals surface area contributed by atoms with E-state index in [-0.39, 0.29) is 16.5 Å². The van der Waals surface area contributed by atoms with Crippen molar-refractivity contribution < 1.29 is 17.6 Å². The van der Waals surface area contributed by atoms with Crippen molar-refractivity contribution in [3.8, 4) is 0 Å². The van der Waals surface area contributed by atoms with Gasteiger partial charge in [0.05, 0.1) is 10.5 Å². The molecule has 2 aromatic carbocycles. The average Bonchev–Trinajstić information content (AvgIpc) is 3.07. The van der Waals surface area contributed by atoms with Gasteiger partial charge in [-0.1, -0.05) is 30.5 Å². The minimum absolute atomic E-state index is 0.117. The molecule has 3 rings (SSSR count). The number of halogens is 2. The molecule has 0 aromatic heterocycles. The number of nitrogens with one attached hydrogen (secondary N) is 2. The van der Waals surface area contributed by atoms with Crippen LogP contribution in [-0.4, -0.2) is 20.4 Å². The molecule has 0 spiro atoms. The van der Waals surface area contributed by atoms with Crippen LogP contribution in [0, 0.1) is 5.82 Å². The predicted octanol–water partition coefficient (Wildman–Crippen LogP) is 3.95. The normalized spacial score (nSPS) is 15.2. The van der Waals surface area contributed by atoms with E-state index < -0.39 is 21.7 Å². The van der Waals surface area contributed by atoms with Crippen molar-refractivity contribution in [3.63, 3.8) is 0 Å². The van der Waals surface area contributed by atoms with Crippen LogP contribution in [0.15, 0.2) is 47.4 Å². The van der Waals surface area contributed by atoms with Gasteiger partial charge >= 0.3 is 0 Å². The van der Waals surface area contributed by atoms with Crippen molar-refractivity contribution in [2.75, 3.05) is 5.32 Å². The number of sulfonamides is 1. The highest BCUT2D eigenvalue weighted by Gasteiger charge is 2.24. The van der Waals surface area contributed by atoms with Gasteiger partial charge in [-0.05, 0) is 49.2 Å². The highest BCUT2D eigenvalue weighted by Crippen LogP contribution is 2.22. The lowest BCUT2D eigenvalue weighted by Gasteiger charge is -2.13. The van der Waals surface area contributed by atoms with Crippen LogP contribution in [0.2, 0.25) is 5.02 Å². The first-order valence-electron chi connectivity index (χ1n) is 8.24. The molecule has 26 heavy (non-hydrogen) atoms. The molecule has 1 fully saturated rings. The summed E-state index contributed by atoms with van der Waals surface area (Å²) in [5.74, 6) is -1.55. The van der Waals surface area contributed by atoms with Crippen LogP contribution < -0.4 is 10.0 Å². The second-order valence-electron chi connectivity index (χ2n) is 6.21. The molecule has 1 aliphatic carbocycles. The number of hydrogen-bond donors (Lipinski definition) is 2. The first kappa shape index (κ1) is 18.8. The molecular weight excluding hydrogens is 379 g/mol. The van der Waals surface area contributed by atoms with E-state index >= 15 is 0 Å². The molecule has 0 bridgehead atoms. The number of carbonyl (C=O) groups excluding carboxylic acids is 1. The Labute approximate surface area is 156 Å². The van der Waals surface area contributed by atoms with Crippen LogP contribution in [0.1, 0.15) is 36.0 Å². The number of amides is 1. The topological polar surface area (TPSA) is 75.3 Å². The van der Waals surface area contributed by atoms with Crippen LogP contribution >= 0.6 is 11.6 Å². The van der Waals surface area contributed by atoms with Crippen molar-refractivity contribution in [2.45, 2.75) is 36.6 Å². The molecule has 1 aliphatic rings. The number of anilines is 1. The quantitative estimate of drug-likeness (QED) is 0.803. The van der Waals surface area contributed by atoms with E-state index in [4.69, 9.17) is 11.6 Å². The molecule has 1 amide bonds. The van der Waals surface area contributed by atoms with Crippen molar-refractivity contribution >= 4 is 33.2 Å². The molecular formula is C18H18ClFN2O3S. The van der Waals surface area contributed by atoms with E-state index in [1.807, 2.05) is 0 Å². The summed E-state index contributed by atoms with van der Waals surface area (Å²) < 4.78 is 41.7. The lowest BCUT2D eigenvalue weighted by Crippen LogP contribution is -2.32. The zero-order valence-corrected chi connectivity index (χ0v) is 15.4. The van der Waals surface area contributed by atoms with Gasteiger partial charge in [-0.3, -0.25) is 4.79 Å². The van der Waals surface area contributed by atoms with Gasteiger partial charge in [0.15, 0.2) is 0 Å². The van der Waals surface area contributed by atoms with Gasteiger partial charge in [0.25, 0.3) is 5.91 Å². The van der Waals surface area contributed by atoms with Crippen LogP contribution in [0.5, 0.6) is 0 Å². The molecule has 138 valence electrons. The maximum atomic E-state index is 14.1. The third-order valence-electron chi connectivity index (χ3n) is 4.25. The summed E-state index contributed by atoms with van der Waals surface area (Å²) in [7, 11) is -3.81. The zero-order chi connectivity index (χ0) is 18.7. The Kier molecular flexibility index (Phi) is 5.60. The van der Waals surface area contributed by atoms with Gasteiger partial charge in [0.2, 0.25) is 10.0 Å². The van der Waals surface area contributed by atoms with Gasteiger partial charge in [0.1, 0.15) is 5.82 Å². The smallest absolute Gasteiger partial charge is 0.258 e. The van der Waals surface area contributed by atoms with Crippen molar-refractivity contribution in [1.82, 2.24) is 4.72 Å². The van der Waals surface area contributed by atoms with Gasteiger partial charge < -0.3 is 5.32 Å². The Morgan fingerprint density at radius 1 is 1.12 bits per heavy atom. The highest BCUT2D eigenvalue weighted by molar-refractivity contribution is 7.89. The van der Waals surface area contributed by atoms with Crippen LogP contribution in [0.25, 0.3) is 0 Å². The van der Waals surface area contributed by atoms with Crippen LogP contribution in [0.4, 0.5) is 10.1 Å². The fourth-order valence-electron chi connectivity index (χ4n) is 2.94. The molecule has 1 saturated carbocycles. The van der Waals surface area contributed by atoms with E-state index in [1.54, 1.807) is 18.2 Å². The van der Waals surface area contributed by atoms with E-state index in [1.165, 1.54) is 6.07 Å². The third kappa shape index (κ3) is 4.41. The number of carbonyl (C=O) groups is 1. The van der Waals surface area contributed by atoms with E-state index in [0.29, 0.717) is 10.7 Å². The summed E-state index contributed by atoms with van der Waals surface area (Å²) in [4.78, 5) is 12.2. The minimum atomic E-state index is -3.81. The summed E-state index contributed by atoms with van der Waals surface area (Å²) >= 11 is 5.86. The summed E-state index contributed by atoms with van der Waals surface area (Å²) in [5.41, 5.74) is 0.0403.